The normalized spacial score (nSPS) is 35.0. The molecule has 2 saturated heterocycles. The van der Waals surface area contributed by atoms with E-state index in [4.69, 9.17) is 35.3 Å². The van der Waals surface area contributed by atoms with Crippen LogP contribution in [0.2, 0.25) is 5.02 Å². The van der Waals surface area contributed by atoms with Gasteiger partial charge in [-0.3, -0.25) is 14.9 Å². The summed E-state index contributed by atoms with van der Waals surface area (Å²) in [5.74, 6) is -0.854. The van der Waals surface area contributed by atoms with Crippen LogP contribution >= 0.6 is 11.6 Å². The van der Waals surface area contributed by atoms with E-state index >= 15 is 0 Å². The topological polar surface area (TPSA) is 136 Å². The summed E-state index contributed by atoms with van der Waals surface area (Å²) in [6, 6.07) is 3.63. The van der Waals surface area contributed by atoms with Crippen molar-refractivity contribution < 1.29 is 43.2 Å². The maximum absolute atomic E-state index is 13.7. The highest BCUT2D eigenvalue weighted by Gasteiger charge is 2.64. The SMILES string of the molecule is CCC(=O)O[C@@H]1CC(=O)N(C)c2cc(cc(OC)c2Cl)C/C(C)=C/C=C\[C@@H](OC)[C@]2(O)CC(OC(=O)N2)[C@H](C)C2O[C@]21C. The number of epoxide rings is 1. The van der Waals surface area contributed by atoms with Crippen molar-refractivity contribution in [2.45, 2.75) is 89.1 Å². The summed E-state index contributed by atoms with van der Waals surface area (Å²) in [4.78, 5) is 40.2. The minimum absolute atomic E-state index is 0.00655. The molecule has 0 aliphatic carbocycles. The van der Waals surface area contributed by atoms with Gasteiger partial charge in [0.05, 0.1) is 25.3 Å². The summed E-state index contributed by atoms with van der Waals surface area (Å²) in [6.07, 6.45) is 1.81. The van der Waals surface area contributed by atoms with Crippen LogP contribution < -0.4 is 15.0 Å². The van der Waals surface area contributed by atoms with E-state index in [0.29, 0.717) is 17.9 Å². The van der Waals surface area contributed by atoms with Gasteiger partial charge in [0.15, 0.2) is 5.72 Å². The number of allylic oxidation sites excluding steroid dienone is 3. The molecule has 0 aromatic heterocycles. The number of amides is 2. The third-order valence-electron chi connectivity index (χ3n) is 8.51. The molecule has 0 spiro atoms. The lowest BCUT2D eigenvalue weighted by molar-refractivity contribution is -0.153. The number of ether oxygens (including phenoxy) is 5. The lowest BCUT2D eigenvalue weighted by Gasteiger charge is -2.42. The van der Waals surface area contributed by atoms with E-state index < -0.39 is 53.7 Å². The van der Waals surface area contributed by atoms with Crippen molar-refractivity contribution >= 4 is 35.3 Å². The predicted octanol–water partition coefficient (Wildman–Crippen LogP) is 4.08. The zero-order chi connectivity index (χ0) is 31.7. The third kappa shape index (κ3) is 6.85. The van der Waals surface area contributed by atoms with E-state index in [1.165, 1.54) is 19.1 Å². The second-order valence-electron chi connectivity index (χ2n) is 11.6. The number of hydrogen-bond acceptors (Lipinski definition) is 9. The summed E-state index contributed by atoms with van der Waals surface area (Å²) in [5, 5.41) is 14.3. The number of fused-ring (bicyclic) bond motifs is 5. The fourth-order valence-electron chi connectivity index (χ4n) is 5.85. The van der Waals surface area contributed by atoms with Crippen molar-refractivity contribution in [3.05, 3.63) is 46.5 Å². The van der Waals surface area contributed by atoms with Crippen molar-refractivity contribution in [2.75, 3.05) is 26.2 Å². The van der Waals surface area contributed by atoms with Gasteiger partial charge in [0, 0.05) is 32.9 Å². The van der Waals surface area contributed by atoms with Gasteiger partial charge in [-0.25, -0.2) is 4.79 Å². The van der Waals surface area contributed by atoms with Gasteiger partial charge in [-0.15, -0.1) is 0 Å². The number of esters is 1. The molecule has 43 heavy (non-hydrogen) atoms. The lowest BCUT2D eigenvalue weighted by atomic mass is 9.83. The van der Waals surface area contributed by atoms with E-state index in [9.17, 15) is 19.5 Å². The third-order valence-corrected chi connectivity index (χ3v) is 8.89. The Morgan fingerprint density at radius 3 is 2.65 bits per heavy atom. The van der Waals surface area contributed by atoms with Gasteiger partial charge >= 0.3 is 12.1 Å². The van der Waals surface area contributed by atoms with Crippen molar-refractivity contribution in [1.82, 2.24) is 5.32 Å². The van der Waals surface area contributed by atoms with Gasteiger partial charge < -0.3 is 33.7 Å². The Kier molecular flexibility index (Phi) is 9.80. The molecule has 2 N–H and O–H groups in total. The molecular formula is C31H41ClN2O9. The molecule has 2 unspecified atom stereocenters. The Morgan fingerprint density at radius 1 is 1.28 bits per heavy atom. The van der Waals surface area contributed by atoms with Crippen molar-refractivity contribution in [3.63, 3.8) is 0 Å². The molecule has 3 heterocycles. The first-order valence-corrected chi connectivity index (χ1v) is 14.7. The average Bonchev–Trinajstić information content (AvgIpc) is 3.66. The quantitative estimate of drug-likeness (QED) is 0.377. The van der Waals surface area contributed by atoms with Crippen LogP contribution in [0.3, 0.4) is 0 Å². The number of anilines is 1. The molecule has 0 radical (unpaired) electrons. The number of methoxy groups -OCH3 is 2. The average molecular weight is 621 g/mol. The Balaban J connectivity index is 1.79. The first-order chi connectivity index (χ1) is 20.3. The van der Waals surface area contributed by atoms with Gasteiger partial charge in [-0.2, -0.15) is 0 Å². The molecule has 1 aromatic rings. The number of halogens is 1. The maximum Gasteiger partial charge on any atom is 0.409 e. The van der Waals surface area contributed by atoms with Gasteiger partial charge in [-0.05, 0) is 38.0 Å². The minimum Gasteiger partial charge on any atom is -0.495 e. The summed E-state index contributed by atoms with van der Waals surface area (Å²) >= 11 is 6.66. The molecular weight excluding hydrogens is 580 g/mol. The number of alkyl carbamates (subject to hydrolysis) is 1. The first-order valence-electron chi connectivity index (χ1n) is 14.3. The van der Waals surface area contributed by atoms with Crippen LogP contribution in [0, 0.1) is 5.92 Å². The molecule has 3 aliphatic rings. The molecule has 0 saturated carbocycles. The lowest BCUT2D eigenvalue weighted by Crippen LogP contribution is -2.63. The Hall–Kier alpha value is -3.12. The monoisotopic (exact) mass is 620 g/mol. The highest BCUT2D eigenvalue weighted by atomic mass is 35.5. The van der Waals surface area contributed by atoms with Crippen LogP contribution in [0.1, 0.15) is 52.5 Å². The second kappa shape index (κ2) is 12.9. The van der Waals surface area contributed by atoms with Crippen LogP contribution in [0.25, 0.3) is 0 Å². The van der Waals surface area contributed by atoms with Crippen LogP contribution in [0.4, 0.5) is 10.5 Å². The molecule has 7 atom stereocenters. The van der Waals surface area contributed by atoms with Crippen molar-refractivity contribution in [2.24, 2.45) is 5.92 Å². The number of rotatable bonds is 4. The number of hydrogen-bond donors (Lipinski definition) is 2. The Labute approximate surface area is 257 Å². The number of carbonyl (C=O) groups excluding carboxylic acids is 3. The number of nitrogens with one attached hydrogen (secondary N) is 1. The summed E-state index contributed by atoms with van der Waals surface area (Å²) in [5.41, 5.74) is -0.564. The van der Waals surface area contributed by atoms with E-state index in [-0.39, 0.29) is 30.2 Å². The number of nitrogens with zero attached hydrogens (tertiary/aromatic N) is 1. The molecule has 1 aromatic carbocycles. The highest BCUT2D eigenvalue weighted by molar-refractivity contribution is 6.35. The van der Waals surface area contributed by atoms with Gasteiger partial charge in [0.2, 0.25) is 5.91 Å². The van der Waals surface area contributed by atoms with E-state index in [1.54, 1.807) is 33.0 Å². The van der Waals surface area contributed by atoms with Crippen LogP contribution in [-0.2, 0) is 35.0 Å². The molecule has 2 fully saturated rings. The van der Waals surface area contributed by atoms with Crippen LogP contribution in [-0.4, -0.2) is 80.1 Å². The van der Waals surface area contributed by atoms with Crippen LogP contribution in [0.15, 0.2) is 35.9 Å². The Morgan fingerprint density at radius 2 is 2.00 bits per heavy atom. The molecule has 4 rings (SSSR count). The van der Waals surface area contributed by atoms with E-state index in [0.717, 1.165) is 11.1 Å². The highest BCUT2D eigenvalue weighted by Crippen LogP contribution is 2.49. The molecule has 3 aliphatic heterocycles. The Bertz CT molecular complexity index is 1320. The molecule has 11 nitrogen and oxygen atoms in total. The van der Waals surface area contributed by atoms with E-state index in [1.807, 2.05) is 32.1 Å². The van der Waals surface area contributed by atoms with Gasteiger partial charge in [0.25, 0.3) is 0 Å². The fourth-order valence-corrected chi connectivity index (χ4v) is 6.16. The fraction of sp³-hybridized carbons (Fsp3) is 0.581. The maximum atomic E-state index is 13.7. The van der Waals surface area contributed by atoms with Gasteiger partial charge in [0.1, 0.15) is 34.7 Å². The molecule has 12 heteroatoms. The summed E-state index contributed by atoms with van der Waals surface area (Å²) < 4.78 is 28.6. The first kappa shape index (κ1) is 32.8. The molecule has 4 bridgehead atoms. The number of carbonyl (C=O) groups is 3. The van der Waals surface area contributed by atoms with Crippen LogP contribution in [0.5, 0.6) is 5.75 Å². The second-order valence-corrected chi connectivity index (χ2v) is 12.0. The standard InChI is InChI=1S/C31H41ClN2O9/c1-8-26(36)42-24-15-25(35)34(5)20-13-19(14-21(39-6)27(20)32)12-17(2)10-9-11-23(40-7)31(38)16-22(41-29(37)33-31)18(3)28-30(24,4)43-28/h9-11,13-14,18,22-24,28,38H,8,12,15-16H2,1-7H3,(H,33,37)/b11-9-,17-10+/t18-,22?,23+,24+,28?,30-,31+/m0/s1. The predicted molar refractivity (Wildman–Crippen MR) is 159 cm³/mol. The number of aliphatic hydroxyl groups is 1. The minimum atomic E-state index is -1.76. The van der Waals surface area contributed by atoms with Gasteiger partial charge in [-0.1, -0.05) is 49.2 Å². The summed E-state index contributed by atoms with van der Waals surface area (Å²) in [7, 11) is 4.56. The zero-order valence-electron chi connectivity index (χ0n) is 25.6. The van der Waals surface area contributed by atoms with E-state index in [2.05, 4.69) is 5.32 Å². The molecule has 236 valence electrons. The van der Waals surface area contributed by atoms with Crippen molar-refractivity contribution in [1.29, 1.82) is 0 Å². The smallest absolute Gasteiger partial charge is 0.409 e. The largest absolute Gasteiger partial charge is 0.495 e. The summed E-state index contributed by atoms with van der Waals surface area (Å²) in [6.45, 7) is 7.20. The van der Waals surface area contributed by atoms with Crippen molar-refractivity contribution in [3.8, 4) is 5.75 Å². The number of benzene rings is 1. The zero-order valence-corrected chi connectivity index (χ0v) is 26.4. The molecule has 2 amide bonds.